The van der Waals surface area contributed by atoms with Crippen molar-refractivity contribution >= 4 is 10.1 Å². The van der Waals surface area contributed by atoms with Gasteiger partial charge in [-0.1, -0.05) is 0 Å². The van der Waals surface area contributed by atoms with Crippen molar-refractivity contribution in [3.63, 3.8) is 0 Å². The Balaban J connectivity index is 2.16. The van der Waals surface area contributed by atoms with Crippen LogP contribution in [0.4, 0.5) is 0 Å². The van der Waals surface area contributed by atoms with E-state index in [4.69, 9.17) is 4.55 Å². The highest BCUT2D eigenvalue weighted by Crippen LogP contribution is 2.04. The van der Waals surface area contributed by atoms with Gasteiger partial charge in [-0.3, -0.25) is 4.55 Å². The lowest BCUT2D eigenvalue weighted by molar-refractivity contribution is 0.480. The van der Waals surface area contributed by atoms with E-state index in [2.05, 4.69) is 4.98 Å². The largest absolute Gasteiger partial charge is 0.367 e. The molecule has 0 fully saturated rings. The van der Waals surface area contributed by atoms with Crippen molar-refractivity contribution in [2.45, 2.75) is 19.3 Å². The van der Waals surface area contributed by atoms with Gasteiger partial charge in [-0.15, -0.1) is 0 Å². The monoisotopic (exact) mass is 203 g/mol. The Labute approximate surface area is 77.7 Å². The summed E-state index contributed by atoms with van der Waals surface area (Å²) in [6.45, 7) is 0. The number of unbranched alkanes of at least 4 members (excludes halogenated alkanes) is 1. The lowest BCUT2D eigenvalue weighted by atomic mass is 10.2. The SMILES string of the molecule is O=S(=O)(O)CCCCc1cc[nH]c1. The maximum Gasteiger partial charge on any atom is 0.264 e. The van der Waals surface area contributed by atoms with E-state index >= 15 is 0 Å². The standard InChI is InChI=1S/C8H13NO3S/c10-13(11,12)6-2-1-3-8-4-5-9-7-8/h4-5,7,9H,1-3,6H2,(H,10,11,12). The summed E-state index contributed by atoms with van der Waals surface area (Å²) in [6, 6.07) is 1.95. The van der Waals surface area contributed by atoms with Gasteiger partial charge in [0.05, 0.1) is 5.75 Å². The summed E-state index contributed by atoms with van der Waals surface area (Å²) in [5.74, 6) is -0.141. The molecule has 0 radical (unpaired) electrons. The van der Waals surface area contributed by atoms with Crippen LogP contribution in [0.15, 0.2) is 18.5 Å². The van der Waals surface area contributed by atoms with E-state index in [1.165, 1.54) is 0 Å². The fourth-order valence-electron chi connectivity index (χ4n) is 1.13. The Bertz CT molecular complexity index is 328. The number of aryl methyl sites for hydroxylation is 1. The van der Waals surface area contributed by atoms with Crippen LogP contribution in [0.25, 0.3) is 0 Å². The number of hydrogen-bond acceptors (Lipinski definition) is 2. The van der Waals surface area contributed by atoms with Crippen LogP contribution in [0, 0.1) is 0 Å². The van der Waals surface area contributed by atoms with E-state index in [0.29, 0.717) is 6.42 Å². The summed E-state index contributed by atoms with van der Waals surface area (Å²) < 4.78 is 29.1. The summed E-state index contributed by atoms with van der Waals surface area (Å²) in [7, 11) is -3.77. The lowest BCUT2D eigenvalue weighted by Crippen LogP contribution is -2.03. The molecule has 0 unspecified atom stereocenters. The zero-order chi connectivity index (χ0) is 9.73. The smallest absolute Gasteiger partial charge is 0.264 e. The second-order valence-electron chi connectivity index (χ2n) is 2.96. The summed E-state index contributed by atoms with van der Waals surface area (Å²) >= 11 is 0. The molecule has 1 heterocycles. The van der Waals surface area contributed by atoms with Crippen molar-refractivity contribution in [1.29, 1.82) is 0 Å². The molecule has 0 aromatic carbocycles. The molecule has 0 saturated carbocycles. The second-order valence-corrected chi connectivity index (χ2v) is 4.53. The van der Waals surface area contributed by atoms with Crippen molar-refractivity contribution in [2.24, 2.45) is 0 Å². The molecular formula is C8H13NO3S. The highest BCUT2D eigenvalue weighted by atomic mass is 32.2. The van der Waals surface area contributed by atoms with Crippen LogP contribution < -0.4 is 0 Å². The third-order valence-corrected chi connectivity index (χ3v) is 2.58. The predicted octanol–water partition coefficient (Wildman–Crippen LogP) is 1.23. The van der Waals surface area contributed by atoms with Crippen molar-refractivity contribution < 1.29 is 13.0 Å². The Morgan fingerprint density at radius 3 is 2.69 bits per heavy atom. The Kier molecular flexibility index (Phi) is 3.50. The number of hydrogen-bond donors (Lipinski definition) is 2. The number of rotatable bonds is 5. The normalized spacial score (nSPS) is 11.8. The zero-order valence-electron chi connectivity index (χ0n) is 7.23. The minimum Gasteiger partial charge on any atom is -0.367 e. The van der Waals surface area contributed by atoms with E-state index in [9.17, 15) is 8.42 Å². The van der Waals surface area contributed by atoms with Crippen molar-refractivity contribution in [2.75, 3.05) is 5.75 Å². The first-order chi connectivity index (χ1) is 6.08. The maximum absolute atomic E-state index is 10.3. The van der Waals surface area contributed by atoms with E-state index in [1.807, 2.05) is 18.5 Å². The Morgan fingerprint density at radius 1 is 1.38 bits per heavy atom. The summed E-state index contributed by atoms with van der Waals surface area (Å²) in [5, 5.41) is 0. The van der Waals surface area contributed by atoms with Gasteiger partial charge in [0.2, 0.25) is 0 Å². The average Bonchev–Trinajstić information content (AvgIpc) is 2.48. The molecule has 0 atom stereocenters. The fourth-order valence-corrected chi connectivity index (χ4v) is 1.70. The van der Waals surface area contributed by atoms with Crippen LogP contribution in [0.1, 0.15) is 18.4 Å². The van der Waals surface area contributed by atoms with Crippen LogP contribution in [0.2, 0.25) is 0 Å². The number of aromatic nitrogens is 1. The molecule has 0 aliphatic carbocycles. The van der Waals surface area contributed by atoms with Crippen molar-refractivity contribution in [3.05, 3.63) is 24.0 Å². The van der Waals surface area contributed by atoms with Gasteiger partial charge in [0, 0.05) is 12.4 Å². The number of aromatic amines is 1. The molecular weight excluding hydrogens is 190 g/mol. The first-order valence-corrected chi connectivity index (χ1v) is 5.76. The van der Waals surface area contributed by atoms with Gasteiger partial charge in [0.1, 0.15) is 0 Å². The fraction of sp³-hybridized carbons (Fsp3) is 0.500. The summed E-state index contributed by atoms with van der Waals surface area (Å²) in [6.07, 6.45) is 5.84. The maximum atomic E-state index is 10.3. The Morgan fingerprint density at radius 2 is 2.15 bits per heavy atom. The van der Waals surface area contributed by atoms with Gasteiger partial charge in [-0.05, 0) is 30.9 Å². The first kappa shape index (κ1) is 10.3. The number of H-pyrrole nitrogens is 1. The van der Waals surface area contributed by atoms with Gasteiger partial charge < -0.3 is 4.98 Å². The minimum atomic E-state index is -3.77. The van der Waals surface area contributed by atoms with Crippen LogP contribution in [0.3, 0.4) is 0 Å². The molecule has 0 aliphatic heterocycles. The third-order valence-electron chi connectivity index (χ3n) is 1.78. The van der Waals surface area contributed by atoms with Crippen LogP contribution in [-0.2, 0) is 16.5 Å². The summed E-state index contributed by atoms with van der Waals surface area (Å²) in [5.41, 5.74) is 1.16. The van der Waals surface area contributed by atoms with Gasteiger partial charge in [0.15, 0.2) is 0 Å². The summed E-state index contributed by atoms with van der Waals surface area (Å²) in [4.78, 5) is 2.92. The van der Waals surface area contributed by atoms with Gasteiger partial charge >= 0.3 is 0 Å². The molecule has 5 heteroatoms. The molecule has 0 saturated heterocycles. The molecule has 1 rings (SSSR count). The minimum absolute atomic E-state index is 0.141. The molecule has 1 aromatic heterocycles. The molecule has 4 nitrogen and oxygen atoms in total. The second kappa shape index (κ2) is 4.43. The van der Waals surface area contributed by atoms with Crippen LogP contribution >= 0.6 is 0 Å². The third kappa shape index (κ3) is 4.69. The van der Waals surface area contributed by atoms with Crippen molar-refractivity contribution in [3.8, 4) is 0 Å². The molecule has 13 heavy (non-hydrogen) atoms. The van der Waals surface area contributed by atoms with E-state index < -0.39 is 10.1 Å². The number of nitrogens with one attached hydrogen (secondary N) is 1. The molecule has 74 valence electrons. The van der Waals surface area contributed by atoms with E-state index in [1.54, 1.807) is 0 Å². The zero-order valence-corrected chi connectivity index (χ0v) is 8.05. The van der Waals surface area contributed by atoms with Crippen LogP contribution in [-0.4, -0.2) is 23.7 Å². The average molecular weight is 203 g/mol. The van der Waals surface area contributed by atoms with Crippen molar-refractivity contribution in [1.82, 2.24) is 4.98 Å². The molecule has 0 bridgehead atoms. The topological polar surface area (TPSA) is 70.2 Å². The predicted molar refractivity (Wildman–Crippen MR) is 50.1 cm³/mol. The Hall–Kier alpha value is -0.810. The highest BCUT2D eigenvalue weighted by molar-refractivity contribution is 7.85. The molecule has 0 amide bonds. The molecule has 0 aliphatic rings. The molecule has 1 aromatic rings. The quantitative estimate of drug-likeness (QED) is 0.558. The molecule has 0 spiro atoms. The highest BCUT2D eigenvalue weighted by Gasteiger charge is 2.03. The van der Waals surface area contributed by atoms with E-state index in [0.717, 1.165) is 18.4 Å². The van der Waals surface area contributed by atoms with Gasteiger partial charge in [-0.25, -0.2) is 0 Å². The lowest BCUT2D eigenvalue weighted by Gasteiger charge is -1.96. The van der Waals surface area contributed by atoms with E-state index in [-0.39, 0.29) is 5.75 Å². The van der Waals surface area contributed by atoms with Gasteiger partial charge in [0.25, 0.3) is 10.1 Å². The first-order valence-electron chi connectivity index (χ1n) is 4.15. The van der Waals surface area contributed by atoms with Crippen LogP contribution in [0.5, 0.6) is 0 Å². The van der Waals surface area contributed by atoms with Gasteiger partial charge in [-0.2, -0.15) is 8.42 Å². The molecule has 2 N–H and O–H groups in total.